The molecular weight excluding hydrogens is 338 g/mol. The van der Waals surface area contributed by atoms with Crippen LogP contribution in [-0.4, -0.2) is 37.1 Å². The first-order valence-electron chi connectivity index (χ1n) is 6.53. The molecule has 1 unspecified atom stereocenters. The van der Waals surface area contributed by atoms with Gasteiger partial charge in [0.05, 0.1) is 6.54 Å². The van der Waals surface area contributed by atoms with Crippen LogP contribution in [0, 0.1) is 0 Å². The molecule has 2 aromatic rings. The lowest BCUT2D eigenvalue weighted by Gasteiger charge is -2.29. The molecule has 0 fully saturated rings. The van der Waals surface area contributed by atoms with E-state index in [-0.39, 0.29) is 12.0 Å². The summed E-state index contributed by atoms with van der Waals surface area (Å²) in [6, 6.07) is 10.8. The Morgan fingerprint density at radius 1 is 1.29 bits per heavy atom. The van der Waals surface area contributed by atoms with Gasteiger partial charge in [-0.25, -0.2) is 0 Å². The predicted octanol–water partition coefficient (Wildman–Crippen LogP) is 2.95. The summed E-state index contributed by atoms with van der Waals surface area (Å²) in [5.41, 5.74) is 0. The molecule has 0 N–H and O–H groups in total. The van der Waals surface area contributed by atoms with E-state index in [0.29, 0.717) is 29.3 Å². The second kappa shape index (κ2) is 5.81. The van der Waals surface area contributed by atoms with Crippen LogP contribution >= 0.6 is 15.9 Å². The highest BCUT2D eigenvalue weighted by atomic mass is 79.9. The van der Waals surface area contributed by atoms with Crippen molar-refractivity contribution < 1.29 is 18.7 Å². The van der Waals surface area contributed by atoms with E-state index in [1.54, 1.807) is 24.1 Å². The molecule has 0 saturated carbocycles. The van der Waals surface area contributed by atoms with E-state index < -0.39 is 0 Å². The van der Waals surface area contributed by atoms with Crippen molar-refractivity contribution >= 4 is 21.8 Å². The Balaban J connectivity index is 1.63. The van der Waals surface area contributed by atoms with E-state index in [1.807, 2.05) is 24.3 Å². The highest BCUT2D eigenvalue weighted by molar-refractivity contribution is 9.10. The zero-order chi connectivity index (χ0) is 14.8. The van der Waals surface area contributed by atoms with Gasteiger partial charge in [0.1, 0.15) is 6.61 Å². The molecule has 21 heavy (non-hydrogen) atoms. The molecule has 110 valence electrons. The van der Waals surface area contributed by atoms with Crippen LogP contribution in [0.4, 0.5) is 0 Å². The molecule has 2 heterocycles. The lowest BCUT2D eigenvalue weighted by atomic mass is 10.2. The Kier molecular flexibility index (Phi) is 3.88. The van der Waals surface area contributed by atoms with Crippen LogP contribution in [0.3, 0.4) is 0 Å². The van der Waals surface area contributed by atoms with Gasteiger partial charge in [-0.2, -0.15) is 0 Å². The third-order valence-corrected chi connectivity index (χ3v) is 3.60. The first-order valence-corrected chi connectivity index (χ1v) is 7.32. The maximum Gasteiger partial charge on any atom is 0.289 e. The molecule has 1 aromatic heterocycles. The number of carbonyl (C=O) groups is 1. The minimum Gasteiger partial charge on any atom is -0.486 e. The molecule has 0 aliphatic carbocycles. The smallest absolute Gasteiger partial charge is 0.289 e. The van der Waals surface area contributed by atoms with Crippen LogP contribution in [0.15, 0.2) is 45.5 Å². The van der Waals surface area contributed by atoms with Crippen LogP contribution < -0.4 is 9.47 Å². The van der Waals surface area contributed by atoms with Crippen molar-refractivity contribution in [1.82, 2.24) is 4.90 Å². The Labute approximate surface area is 130 Å². The Morgan fingerprint density at radius 3 is 2.76 bits per heavy atom. The zero-order valence-electron chi connectivity index (χ0n) is 11.4. The number of para-hydroxylation sites is 2. The lowest BCUT2D eigenvalue weighted by molar-refractivity contribution is 0.0501. The van der Waals surface area contributed by atoms with Crippen molar-refractivity contribution in [1.29, 1.82) is 0 Å². The number of hydrogen-bond acceptors (Lipinski definition) is 4. The number of halogens is 1. The topological polar surface area (TPSA) is 51.9 Å². The number of carbonyl (C=O) groups excluding carboxylic acids is 1. The van der Waals surface area contributed by atoms with Crippen molar-refractivity contribution in [2.75, 3.05) is 20.2 Å². The molecule has 1 aliphatic heterocycles. The molecule has 5 nitrogen and oxygen atoms in total. The van der Waals surface area contributed by atoms with Gasteiger partial charge in [-0.05, 0) is 40.2 Å². The molecule has 0 bridgehead atoms. The maximum atomic E-state index is 12.2. The minimum absolute atomic E-state index is 0.192. The zero-order valence-corrected chi connectivity index (χ0v) is 13.0. The van der Waals surface area contributed by atoms with Gasteiger partial charge in [-0.1, -0.05) is 12.1 Å². The molecule has 6 heteroatoms. The quantitative estimate of drug-likeness (QED) is 0.852. The summed E-state index contributed by atoms with van der Waals surface area (Å²) >= 11 is 3.18. The van der Waals surface area contributed by atoms with E-state index in [4.69, 9.17) is 13.9 Å². The first kappa shape index (κ1) is 14.0. The fraction of sp³-hybridized carbons (Fsp3) is 0.267. The van der Waals surface area contributed by atoms with Crippen LogP contribution in [0.1, 0.15) is 10.6 Å². The van der Waals surface area contributed by atoms with Crippen molar-refractivity contribution in [2.24, 2.45) is 0 Å². The fourth-order valence-electron chi connectivity index (χ4n) is 2.16. The number of hydrogen-bond donors (Lipinski definition) is 0. The number of amides is 1. The average molecular weight is 352 g/mol. The van der Waals surface area contributed by atoms with Crippen LogP contribution in [-0.2, 0) is 0 Å². The molecule has 0 spiro atoms. The summed E-state index contributed by atoms with van der Waals surface area (Å²) in [6.45, 7) is 0.835. The Hall–Kier alpha value is -1.95. The normalized spacial score (nSPS) is 16.6. The second-order valence-electron chi connectivity index (χ2n) is 4.79. The standard InChI is InChI=1S/C15H14BrNO4/c1-17(15(18)13-6-7-14(16)21-13)8-10-9-19-11-4-2-3-5-12(11)20-10/h2-7,10H,8-9H2,1H3. The number of rotatable bonds is 3. The van der Waals surface area contributed by atoms with Crippen molar-refractivity contribution in [3.8, 4) is 11.5 Å². The van der Waals surface area contributed by atoms with E-state index >= 15 is 0 Å². The molecule has 1 amide bonds. The van der Waals surface area contributed by atoms with Gasteiger partial charge in [-0.3, -0.25) is 4.79 Å². The summed E-state index contributed by atoms with van der Waals surface area (Å²) in [6.07, 6.45) is -0.202. The van der Waals surface area contributed by atoms with Gasteiger partial charge in [0, 0.05) is 7.05 Å². The largest absolute Gasteiger partial charge is 0.486 e. The highest BCUT2D eigenvalue weighted by Crippen LogP contribution is 2.31. The van der Waals surface area contributed by atoms with Crippen molar-refractivity contribution in [3.63, 3.8) is 0 Å². The van der Waals surface area contributed by atoms with Gasteiger partial charge in [0.25, 0.3) is 5.91 Å². The molecule has 3 rings (SSSR count). The number of furan rings is 1. The number of likely N-dealkylation sites (N-methyl/N-ethyl adjacent to an activating group) is 1. The molecule has 0 radical (unpaired) electrons. The Morgan fingerprint density at radius 2 is 2.05 bits per heavy atom. The van der Waals surface area contributed by atoms with Crippen LogP contribution in [0.5, 0.6) is 11.5 Å². The fourth-order valence-corrected chi connectivity index (χ4v) is 2.47. The van der Waals surface area contributed by atoms with Gasteiger partial charge < -0.3 is 18.8 Å². The lowest BCUT2D eigenvalue weighted by Crippen LogP contribution is -2.41. The Bertz CT molecular complexity index is 655. The highest BCUT2D eigenvalue weighted by Gasteiger charge is 2.25. The minimum atomic E-state index is -0.202. The summed E-state index contributed by atoms with van der Waals surface area (Å²) in [4.78, 5) is 13.8. The summed E-state index contributed by atoms with van der Waals surface area (Å²) < 4.78 is 17.3. The monoisotopic (exact) mass is 351 g/mol. The molecule has 0 saturated heterocycles. The molecule has 1 aliphatic rings. The third-order valence-electron chi connectivity index (χ3n) is 3.18. The maximum absolute atomic E-state index is 12.2. The first-order chi connectivity index (χ1) is 10.1. The summed E-state index contributed by atoms with van der Waals surface area (Å²) in [5, 5.41) is 0. The second-order valence-corrected chi connectivity index (χ2v) is 5.57. The van der Waals surface area contributed by atoms with Gasteiger partial charge in [-0.15, -0.1) is 0 Å². The summed E-state index contributed by atoms with van der Waals surface area (Å²) in [5.74, 6) is 1.54. The van der Waals surface area contributed by atoms with Crippen molar-refractivity contribution in [2.45, 2.75) is 6.10 Å². The number of benzene rings is 1. The number of ether oxygens (including phenoxy) is 2. The van der Waals surface area contributed by atoms with Crippen molar-refractivity contribution in [3.05, 3.63) is 46.8 Å². The third kappa shape index (κ3) is 3.05. The van der Waals surface area contributed by atoms with Gasteiger partial charge in [0.2, 0.25) is 0 Å². The van der Waals surface area contributed by atoms with E-state index in [0.717, 1.165) is 5.75 Å². The van der Waals surface area contributed by atoms with Crippen LogP contribution in [0.25, 0.3) is 0 Å². The van der Waals surface area contributed by atoms with E-state index in [9.17, 15) is 4.79 Å². The average Bonchev–Trinajstić information content (AvgIpc) is 2.93. The van der Waals surface area contributed by atoms with Gasteiger partial charge >= 0.3 is 0 Å². The molecule has 1 aromatic carbocycles. The summed E-state index contributed by atoms with van der Waals surface area (Å²) in [7, 11) is 1.71. The predicted molar refractivity (Wildman–Crippen MR) is 79.7 cm³/mol. The molecular formula is C15H14BrNO4. The van der Waals surface area contributed by atoms with E-state index in [1.165, 1.54) is 0 Å². The number of fused-ring (bicyclic) bond motifs is 1. The van der Waals surface area contributed by atoms with Crippen LogP contribution in [0.2, 0.25) is 0 Å². The van der Waals surface area contributed by atoms with E-state index in [2.05, 4.69) is 15.9 Å². The van der Waals surface area contributed by atoms with Gasteiger partial charge in [0.15, 0.2) is 28.0 Å². The number of nitrogens with zero attached hydrogens (tertiary/aromatic N) is 1. The SMILES string of the molecule is CN(CC1COc2ccccc2O1)C(=O)c1ccc(Br)o1. The molecule has 1 atom stereocenters.